The Morgan fingerprint density at radius 1 is 1.04 bits per heavy atom. The van der Waals surface area contributed by atoms with Crippen molar-refractivity contribution in [2.24, 2.45) is 0 Å². The molecule has 0 radical (unpaired) electrons. The number of halogens is 2. The minimum Gasteiger partial charge on any atom is -0.496 e. The molecule has 0 aliphatic rings. The first kappa shape index (κ1) is 19.6. The number of hydrogen-bond acceptors (Lipinski definition) is 3. The van der Waals surface area contributed by atoms with Crippen molar-refractivity contribution < 1.29 is 18.7 Å². The van der Waals surface area contributed by atoms with Gasteiger partial charge < -0.3 is 9.47 Å². The van der Waals surface area contributed by atoms with Crippen molar-refractivity contribution in [3.63, 3.8) is 0 Å². The summed E-state index contributed by atoms with van der Waals surface area (Å²) < 4.78 is 24.1. The summed E-state index contributed by atoms with van der Waals surface area (Å²) >= 11 is 5.88. The fourth-order valence-corrected chi connectivity index (χ4v) is 2.72. The molecule has 0 saturated carbocycles. The number of hydrogen-bond donors (Lipinski definition) is 0. The van der Waals surface area contributed by atoms with Gasteiger partial charge >= 0.3 is 0 Å². The van der Waals surface area contributed by atoms with E-state index in [9.17, 15) is 9.18 Å². The van der Waals surface area contributed by atoms with E-state index < -0.39 is 0 Å². The standard InChI is InChI=1S/C23H18ClFO3/c1-27-23-13-3-16(2-12-22(26)17-4-8-20(25)9-5-17)14-18(23)15-28-21-10-6-19(24)7-11-21/h2-14H,15H2,1H3/b12-2+. The minimum atomic E-state index is -0.374. The number of allylic oxidation sites excluding steroid dienone is 1. The van der Waals surface area contributed by atoms with Crippen LogP contribution in [-0.2, 0) is 6.61 Å². The second-order valence-electron chi connectivity index (χ2n) is 6.02. The van der Waals surface area contributed by atoms with Gasteiger partial charge in [0, 0.05) is 16.1 Å². The molecular weight excluding hydrogens is 379 g/mol. The second kappa shape index (κ2) is 9.20. The van der Waals surface area contributed by atoms with Crippen molar-refractivity contribution in [3.8, 4) is 11.5 Å². The summed E-state index contributed by atoms with van der Waals surface area (Å²) in [5.74, 6) is 0.811. The Bertz CT molecular complexity index is 980. The van der Waals surface area contributed by atoms with Crippen LogP contribution < -0.4 is 9.47 Å². The van der Waals surface area contributed by atoms with E-state index in [2.05, 4.69) is 0 Å². The Morgan fingerprint density at radius 2 is 1.75 bits per heavy atom. The van der Waals surface area contributed by atoms with Gasteiger partial charge in [0.2, 0.25) is 0 Å². The Balaban J connectivity index is 1.73. The first-order chi connectivity index (χ1) is 13.5. The first-order valence-electron chi connectivity index (χ1n) is 8.58. The van der Waals surface area contributed by atoms with Crippen LogP contribution in [-0.4, -0.2) is 12.9 Å². The molecule has 28 heavy (non-hydrogen) atoms. The summed E-state index contributed by atoms with van der Waals surface area (Å²) in [4.78, 5) is 12.2. The lowest BCUT2D eigenvalue weighted by Gasteiger charge is -2.11. The normalized spacial score (nSPS) is 10.8. The lowest BCUT2D eigenvalue weighted by atomic mass is 10.1. The molecule has 0 amide bonds. The van der Waals surface area contributed by atoms with Crippen LogP contribution in [0.3, 0.4) is 0 Å². The van der Waals surface area contributed by atoms with Crippen molar-refractivity contribution >= 4 is 23.5 Å². The van der Waals surface area contributed by atoms with E-state index in [1.165, 1.54) is 30.3 Å². The number of ether oxygens (including phenoxy) is 2. The van der Waals surface area contributed by atoms with Crippen LogP contribution in [0, 0.1) is 5.82 Å². The fourth-order valence-electron chi connectivity index (χ4n) is 2.59. The molecule has 0 bridgehead atoms. The number of methoxy groups -OCH3 is 1. The highest BCUT2D eigenvalue weighted by molar-refractivity contribution is 6.30. The topological polar surface area (TPSA) is 35.5 Å². The van der Waals surface area contributed by atoms with Crippen LogP contribution >= 0.6 is 11.6 Å². The van der Waals surface area contributed by atoms with Crippen LogP contribution in [0.2, 0.25) is 5.02 Å². The molecule has 3 aromatic carbocycles. The quantitative estimate of drug-likeness (QED) is 0.365. The van der Waals surface area contributed by atoms with Crippen molar-refractivity contribution in [1.29, 1.82) is 0 Å². The molecule has 0 atom stereocenters. The predicted molar refractivity (Wildman–Crippen MR) is 109 cm³/mol. The average Bonchev–Trinajstić information content (AvgIpc) is 2.72. The number of carbonyl (C=O) groups excluding carboxylic acids is 1. The van der Waals surface area contributed by atoms with Gasteiger partial charge in [-0.2, -0.15) is 0 Å². The molecule has 0 unspecified atom stereocenters. The fraction of sp³-hybridized carbons (Fsp3) is 0.0870. The van der Waals surface area contributed by atoms with Gasteiger partial charge in [0.25, 0.3) is 0 Å². The van der Waals surface area contributed by atoms with Gasteiger partial charge in [-0.05, 0) is 72.3 Å². The highest BCUT2D eigenvalue weighted by Crippen LogP contribution is 2.24. The van der Waals surface area contributed by atoms with Crippen molar-refractivity contribution in [3.05, 3.63) is 100 Å². The number of ketones is 1. The van der Waals surface area contributed by atoms with Crippen LogP contribution in [0.15, 0.2) is 72.8 Å². The van der Waals surface area contributed by atoms with Gasteiger partial charge in [0.1, 0.15) is 23.9 Å². The molecular formula is C23H18ClFO3. The summed E-state index contributed by atoms with van der Waals surface area (Å²) in [6.07, 6.45) is 3.16. The zero-order chi connectivity index (χ0) is 19.9. The smallest absolute Gasteiger partial charge is 0.185 e. The van der Waals surface area contributed by atoms with E-state index in [0.717, 1.165) is 11.1 Å². The highest BCUT2D eigenvalue weighted by atomic mass is 35.5. The summed E-state index contributed by atoms with van der Waals surface area (Å²) in [5, 5.41) is 0.642. The van der Waals surface area contributed by atoms with Crippen molar-refractivity contribution in [2.75, 3.05) is 7.11 Å². The van der Waals surface area contributed by atoms with E-state index in [-0.39, 0.29) is 11.6 Å². The lowest BCUT2D eigenvalue weighted by molar-refractivity contribution is 0.104. The van der Waals surface area contributed by atoms with Crippen LogP contribution in [0.5, 0.6) is 11.5 Å². The number of carbonyl (C=O) groups is 1. The van der Waals surface area contributed by atoms with E-state index in [0.29, 0.717) is 28.7 Å². The van der Waals surface area contributed by atoms with Gasteiger partial charge in [-0.25, -0.2) is 4.39 Å². The number of benzene rings is 3. The summed E-state index contributed by atoms with van der Waals surface area (Å²) in [6.45, 7) is 0.304. The maximum absolute atomic E-state index is 13.0. The molecule has 0 aromatic heterocycles. The monoisotopic (exact) mass is 396 g/mol. The van der Waals surface area contributed by atoms with Crippen molar-refractivity contribution in [2.45, 2.75) is 6.61 Å². The number of rotatable bonds is 7. The Kier molecular flexibility index (Phi) is 6.45. The zero-order valence-corrected chi connectivity index (χ0v) is 15.9. The van der Waals surface area contributed by atoms with Gasteiger partial charge in [-0.3, -0.25) is 4.79 Å². The second-order valence-corrected chi connectivity index (χ2v) is 6.45. The molecule has 0 saturated heterocycles. The molecule has 0 heterocycles. The van der Waals surface area contributed by atoms with Gasteiger partial charge in [0.15, 0.2) is 5.78 Å². The largest absolute Gasteiger partial charge is 0.496 e. The highest BCUT2D eigenvalue weighted by Gasteiger charge is 2.06. The van der Waals surface area contributed by atoms with E-state index in [1.807, 2.05) is 18.2 Å². The third kappa shape index (κ3) is 5.21. The SMILES string of the molecule is COc1ccc(/C=C/C(=O)c2ccc(F)cc2)cc1COc1ccc(Cl)cc1. The van der Waals surface area contributed by atoms with Gasteiger partial charge in [-0.15, -0.1) is 0 Å². The molecule has 0 aliphatic carbocycles. The minimum absolute atomic E-state index is 0.199. The molecule has 142 valence electrons. The maximum atomic E-state index is 13.0. The predicted octanol–water partition coefficient (Wildman–Crippen LogP) is 5.96. The zero-order valence-electron chi connectivity index (χ0n) is 15.2. The molecule has 0 aliphatic heterocycles. The molecule has 0 N–H and O–H groups in total. The maximum Gasteiger partial charge on any atom is 0.185 e. The van der Waals surface area contributed by atoms with E-state index in [4.69, 9.17) is 21.1 Å². The molecule has 3 rings (SSSR count). The van der Waals surface area contributed by atoms with Gasteiger partial charge in [0.05, 0.1) is 7.11 Å². The average molecular weight is 397 g/mol. The third-order valence-corrected chi connectivity index (χ3v) is 4.32. The van der Waals surface area contributed by atoms with Crippen LogP contribution in [0.25, 0.3) is 6.08 Å². The molecule has 0 fully saturated rings. The summed E-state index contributed by atoms with van der Waals surface area (Å²) in [5.41, 5.74) is 2.09. The molecule has 0 spiro atoms. The Labute approximate surface area is 168 Å². The molecule has 3 aromatic rings. The summed E-state index contributed by atoms with van der Waals surface area (Å²) in [7, 11) is 1.59. The van der Waals surface area contributed by atoms with Gasteiger partial charge in [-0.1, -0.05) is 23.7 Å². The Morgan fingerprint density at radius 3 is 2.43 bits per heavy atom. The van der Waals surface area contributed by atoms with E-state index >= 15 is 0 Å². The van der Waals surface area contributed by atoms with Crippen LogP contribution in [0.4, 0.5) is 4.39 Å². The Hall–Kier alpha value is -3.11. The molecule has 3 nitrogen and oxygen atoms in total. The summed E-state index contributed by atoms with van der Waals surface area (Å²) in [6, 6.07) is 18.1. The van der Waals surface area contributed by atoms with E-state index in [1.54, 1.807) is 37.5 Å². The third-order valence-electron chi connectivity index (χ3n) is 4.07. The van der Waals surface area contributed by atoms with Crippen molar-refractivity contribution in [1.82, 2.24) is 0 Å². The molecule has 5 heteroatoms. The first-order valence-corrected chi connectivity index (χ1v) is 8.96. The van der Waals surface area contributed by atoms with Crippen LogP contribution in [0.1, 0.15) is 21.5 Å². The lowest BCUT2D eigenvalue weighted by Crippen LogP contribution is -1.99.